The Bertz CT molecular complexity index is 708. The third-order valence-corrected chi connectivity index (χ3v) is 3.16. The van der Waals surface area contributed by atoms with Crippen molar-refractivity contribution < 1.29 is 16.5 Å². The van der Waals surface area contributed by atoms with Gasteiger partial charge in [-0.25, -0.2) is 0 Å². The van der Waals surface area contributed by atoms with Crippen LogP contribution in [-0.2, 0) is 16.5 Å². The van der Waals surface area contributed by atoms with Crippen LogP contribution in [0, 0.1) is 18.1 Å². The van der Waals surface area contributed by atoms with Crippen LogP contribution in [0.15, 0.2) is 72.9 Å². The Morgan fingerprint density at radius 2 is 1.52 bits per heavy atom. The Morgan fingerprint density at radius 1 is 0.880 bits per heavy atom. The Labute approximate surface area is 161 Å². The second-order valence-electron chi connectivity index (χ2n) is 6.43. The van der Waals surface area contributed by atoms with Crippen molar-refractivity contribution in [2.24, 2.45) is 5.41 Å². The summed E-state index contributed by atoms with van der Waals surface area (Å²) in [6.07, 6.45) is 3.46. The van der Waals surface area contributed by atoms with Gasteiger partial charge < -0.3 is 6.58 Å². The molecular formula is C22H22N2Ni. The van der Waals surface area contributed by atoms with Gasteiger partial charge in [0, 0.05) is 6.20 Å². The van der Waals surface area contributed by atoms with Crippen molar-refractivity contribution in [3.05, 3.63) is 85.6 Å². The smallest absolute Gasteiger partial charge is 0.517 e. The van der Waals surface area contributed by atoms with Crippen LogP contribution in [-0.4, -0.2) is 9.97 Å². The number of aromatic nitrogens is 2. The van der Waals surface area contributed by atoms with Crippen molar-refractivity contribution in [3.8, 4) is 22.6 Å². The fourth-order valence-electron chi connectivity index (χ4n) is 1.79. The Balaban J connectivity index is 0.000000390. The second-order valence-corrected chi connectivity index (χ2v) is 6.43. The van der Waals surface area contributed by atoms with Gasteiger partial charge in [-0.3, -0.25) is 16.0 Å². The molecule has 2 heterocycles. The molecule has 1 aromatic carbocycles. The first kappa shape index (κ1) is 20.8. The minimum Gasteiger partial charge on any atom is -0.517 e. The van der Waals surface area contributed by atoms with Crippen LogP contribution in [0.1, 0.15) is 20.8 Å². The summed E-state index contributed by atoms with van der Waals surface area (Å²) in [5.74, 6) is 0. The van der Waals surface area contributed by atoms with E-state index in [9.17, 15) is 0 Å². The SMILES string of the molecule is [CH-]=CC(C)(C)C.[Ni+2].[c-]1ccccc1-c1cccc(-c2ccccn2)n1. The van der Waals surface area contributed by atoms with Gasteiger partial charge in [0.15, 0.2) is 0 Å². The summed E-state index contributed by atoms with van der Waals surface area (Å²) in [5, 5.41) is 0. The molecule has 0 aliphatic carbocycles. The first-order chi connectivity index (χ1) is 11.5. The zero-order valence-corrected chi connectivity index (χ0v) is 15.7. The van der Waals surface area contributed by atoms with E-state index < -0.39 is 0 Å². The molecule has 0 bridgehead atoms. The number of hydrogen-bond donors (Lipinski definition) is 0. The monoisotopic (exact) mass is 372 g/mol. The number of hydrogen-bond acceptors (Lipinski definition) is 2. The van der Waals surface area contributed by atoms with E-state index in [1.165, 1.54) is 0 Å². The molecule has 0 aliphatic rings. The van der Waals surface area contributed by atoms with Crippen LogP contribution in [0.4, 0.5) is 0 Å². The predicted octanol–water partition coefficient (Wildman–Crippen LogP) is 5.63. The van der Waals surface area contributed by atoms with Crippen molar-refractivity contribution in [1.82, 2.24) is 9.97 Å². The Kier molecular flexibility index (Phi) is 8.24. The van der Waals surface area contributed by atoms with Gasteiger partial charge in [-0.15, -0.1) is 35.9 Å². The molecule has 0 radical (unpaired) electrons. The van der Waals surface area contributed by atoms with Crippen molar-refractivity contribution >= 4 is 0 Å². The zero-order valence-electron chi connectivity index (χ0n) is 14.7. The molecule has 0 aliphatic heterocycles. The van der Waals surface area contributed by atoms with Crippen LogP contribution >= 0.6 is 0 Å². The van der Waals surface area contributed by atoms with Gasteiger partial charge in [0.25, 0.3) is 0 Å². The van der Waals surface area contributed by atoms with E-state index in [4.69, 9.17) is 6.58 Å². The maximum atomic E-state index is 5.18. The summed E-state index contributed by atoms with van der Waals surface area (Å²) in [4.78, 5) is 8.93. The Morgan fingerprint density at radius 3 is 2.08 bits per heavy atom. The van der Waals surface area contributed by atoms with Gasteiger partial charge in [0.1, 0.15) is 0 Å². The normalized spacial score (nSPS) is 10.0. The molecule has 0 N–H and O–H groups in total. The van der Waals surface area contributed by atoms with E-state index in [1.807, 2.05) is 60.7 Å². The summed E-state index contributed by atoms with van der Waals surface area (Å²) in [6.45, 7) is 11.4. The van der Waals surface area contributed by atoms with Crippen LogP contribution < -0.4 is 0 Å². The summed E-state index contributed by atoms with van der Waals surface area (Å²) in [6, 6.07) is 22.8. The molecule has 2 nitrogen and oxygen atoms in total. The number of allylic oxidation sites excluding steroid dienone is 1. The topological polar surface area (TPSA) is 25.8 Å². The van der Waals surface area contributed by atoms with E-state index in [0.29, 0.717) is 0 Å². The molecule has 0 fully saturated rings. The van der Waals surface area contributed by atoms with Gasteiger partial charge >= 0.3 is 16.5 Å². The van der Waals surface area contributed by atoms with Gasteiger partial charge in [-0.05, 0) is 23.9 Å². The molecule has 0 amide bonds. The summed E-state index contributed by atoms with van der Waals surface area (Å²) < 4.78 is 0. The average molecular weight is 373 g/mol. The summed E-state index contributed by atoms with van der Waals surface area (Å²) >= 11 is 0. The average Bonchev–Trinajstić information content (AvgIpc) is 2.63. The van der Waals surface area contributed by atoms with Crippen LogP contribution in [0.3, 0.4) is 0 Å². The molecular weight excluding hydrogens is 351 g/mol. The fraction of sp³-hybridized carbons (Fsp3) is 0.182. The first-order valence-electron chi connectivity index (χ1n) is 7.91. The molecule has 3 aromatic rings. The summed E-state index contributed by atoms with van der Waals surface area (Å²) in [7, 11) is 0. The van der Waals surface area contributed by atoms with Crippen LogP contribution in [0.2, 0.25) is 0 Å². The molecule has 0 atom stereocenters. The molecule has 0 spiro atoms. The van der Waals surface area contributed by atoms with Gasteiger partial charge in [0.05, 0.1) is 11.4 Å². The number of rotatable bonds is 2. The predicted molar refractivity (Wildman–Crippen MR) is 100 cm³/mol. The van der Waals surface area contributed by atoms with Gasteiger partial charge in [0.2, 0.25) is 0 Å². The third kappa shape index (κ3) is 7.03. The van der Waals surface area contributed by atoms with Gasteiger partial charge in [-0.1, -0.05) is 44.4 Å². The van der Waals surface area contributed by atoms with Crippen molar-refractivity contribution in [2.75, 3.05) is 0 Å². The minimum atomic E-state index is 0. The van der Waals surface area contributed by atoms with E-state index in [0.717, 1.165) is 22.6 Å². The number of pyridine rings is 2. The molecule has 2 aromatic heterocycles. The zero-order chi connectivity index (χ0) is 17.4. The molecule has 3 heteroatoms. The maximum absolute atomic E-state index is 5.18. The second kappa shape index (κ2) is 9.91. The van der Waals surface area contributed by atoms with Crippen LogP contribution in [0.25, 0.3) is 22.6 Å². The van der Waals surface area contributed by atoms with E-state index >= 15 is 0 Å². The van der Waals surface area contributed by atoms with Crippen molar-refractivity contribution in [1.29, 1.82) is 0 Å². The van der Waals surface area contributed by atoms with Gasteiger partial charge in [-0.2, -0.15) is 0 Å². The Hall–Kier alpha value is -2.25. The molecule has 3 rings (SSSR count). The number of benzene rings is 1. The van der Waals surface area contributed by atoms with E-state index in [1.54, 1.807) is 12.3 Å². The summed E-state index contributed by atoms with van der Waals surface area (Å²) in [5.41, 5.74) is 3.87. The van der Waals surface area contributed by atoms with Crippen molar-refractivity contribution in [2.45, 2.75) is 20.8 Å². The van der Waals surface area contributed by atoms with E-state index in [-0.39, 0.29) is 21.9 Å². The molecule has 0 saturated heterocycles. The van der Waals surface area contributed by atoms with E-state index in [2.05, 4.69) is 36.8 Å². The molecule has 0 saturated carbocycles. The largest absolute Gasteiger partial charge is 2.00 e. The molecule has 0 unspecified atom stereocenters. The van der Waals surface area contributed by atoms with Crippen molar-refractivity contribution in [3.63, 3.8) is 0 Å². The first-order valence-corrected chi connectivity index (χ1v) is 7.91. The van der Waals surface area contributed by atoms with Crippen LogP contribution in [0.5, 0.6) is 0 Å². The molecule has 130 valence electrons. The molecule has 25 heavy (non-hydrogen) atoms. The minimum absolute atomic E-state index is 0. The maximum Gasteiger partial charge on any atom is 2.00 e. The third-order valence-electron chi connectivity index (χ3n) is 3.16. The number of nitrogens with zero attached hydrogens (tertiary/aromatic N) is 2. The standard InChI is InChI=1S/C16H11N2.C6H11.Ni/c1-2-7-13(8-3-1)14-10-6-11-16(18-14)15-9-4-5-12-17-15;1-5-6(2,3)4;/h1-7,9-12H;1,5H,2-4H3;/q2*-1;+2. The fourth-order valence-corrected chi connectivity index (χ4v) is 1.79. The quantitative estimate of drug-likeness (QED) is 0.430.